The molecule has 0 aromatic carbocycles. The van der Waals surface area contributed by atoms with Crippen LogP contribution < -0.4 is 40.1 Å². The molecule has 0 bridgehead atoms. The molecule has 2 aromatic rings. The van der Waals surface area contributed by atoms with E-state index in [1.165, 1.54) is 29.8 Å². The van der Waals surface area contributed by atoms with Crippen LogP contribution in [-0.2, 0) is 6.54 Å². The number of hydrogen-bond acceptors (Lipinski definition) is 6. The van der Waals surface area contributed by atoms with Gasteiger partial charge in [0.2, 0.25) is 0 Å². The molecule has 2 heterocycles. The number of carboxylic acid groups (broad SMARTS) is 1. The summed E-state index contributed by atoms with van der Waals surface area (Å²) in [5.74, 6) is -1.49. The van der Waals surface area contributed by atoms with E-state index in [0.717, 1.165) is 0 Å². The molecular weight excluding hydrogens is 279 g/mol. The minimum absolute atomic E-state index is 0. The van der Waals surface area contributed by atoms with Crippen LogP contribution in [0.4, 0.5) is 0 Å². The van der Waals surface area contributed by atoms with E-state index < -0.39 is 11.4 Å². The first-order valence-corrected chi connectivity index (χ1v) is 5.96. The Morgan fingerprint density at radius 1 is 1.63 bits per heavy atom. The zero-order valence-electron chi connectivity index (χ0n) is 10.4. The molecule has 8 heteroatoms. The Balaban J connectivity index is 0.00000180. The number of pyridine rings is 1. The first-order chi connectivity index (χ1) is 8.58. The Morgan fingerprint density at radius 2 is 2.32 bits per heavy atom. The second-order valence-electron chi connectivity index (χ2n) is 3.56. The molecule has 0 amide bonds. The largest absolute Gasteiger partial charge is 1.00 e. The van der Waals surface area contributed by atoms with Crippen LogP contribution in [0.15, 0.2) is 22.2 Å². The van der Waals surface area contributed by atoms with E-state index in [9.17, 15) is 14.7 Å². The second-order valence-corrected chi connectivity index (χ2v) is 4.62. The second kappa shape index (κ2) is 6.33. The molecule has 0 aliphatic carbocycles. The molecule has 0 unspecified atom stereocenters. The van der Waals surface area contributed by atoms with Gasteiger partial charge in [0, 0.05) is 12.7 Å². The summed E-state index contributed by atoms with van der Waals surface area (Å²) in [4.78, 5) is 24.0. The van der Waals surface area contributed by atoms with E-state index in [4.69, 9.17) is 5.21 Å². The summed E-state index contributed by atoms with van der Waals surface area (Å²) in [5.41, 5.74) is -0.946. The summed E-state index contributed by atoms with van der Waals surface area (Å²) in [7, 11) is 0. The molecule has 2 rings (SSSR count). The van der Waals surface area contributed by atoms with Gasteiger partial charge >= 0.3 is 29.6 Å². The Kier molecular flexibility index (Phi) is 5.30. The van der Waals surface area contributed by atoms with Crippen molar-refractivity contribution in [3.63, 3.8) is 0 Å². The summed E-state index contributed by atoms with van der Waals surface area (Å²) in [5, 5.41) is 22.5. The number of carboxylic acids is 1. The molecule has 0 atom stereocenters. The molecule has 19 heavy (non-hydrogen) atoms. The minimum atomic E-state index is -1.49. The van der Waals surface area contributed by atoms with Gasteiger partial charge < -0.3 is 19.7 Å². The number of aromatic nitrogens is 1. The molecule has 0 fully saturated rings. The molecular formula is C11H9N2NaO4S. The molecule has 0 spiro atoms. The number of oxime groups is 1. The maximum absolute atomic E-state index is 11.9. The fourth-order valence-corrected chi connectivity index (χ4v) is 2.76. The maximum Gasteiger partial charge on any atom is 1.00 e. The van der Waals surface area contributed by atoms with Gasteiger partial charge in [-0.2, -0.15) is 0 Å². The predicted molar refractivity (Wildman–Crippen MR) is 65.5 cm³/mol. The van der Waals surface area contributed by atoms with Crippen LogP contribution in [0.2, 0.25) is 0 Å². The van der Waals surface area contributed by atoms with Crippen molar-refractivity contribution in [2.45, 2.75) is 13.5 Å². The van der Waals surface area contributed by atoms with Gasteiger partial charge in [-0.05, 0) is 13.0 Å². The average Bonchev–Trinajstić information content (AvgIpc) is 2.74. The van der Waals surface area contributed by atoms with E-state index in [-0.39, 0.29) is 35.1 Å². The van der Waals surface area contributed by atoms with Gasteiger partial charge in [0.05, 0.1) is 28.0 Å². The van der Waals surface area contributed by atoms with Crippen molar-refractivity contribution in [3.05, 3.63) is 32.9 Å². The molecule has 6 nitrogen and oxygen atoms in total. The van der Waals surface area contributed by atoms with Crippen molar-refractivity contribution in [1.29, 1.82) is 0 Å². The predicted octanol–water partition coefficient (Wildman–Crippen LogP) is -2.74. The van der Waals surface area contributed by atoms with E-state index in [1.807, 2.05) is 6.92 Å². The fraction of sp³-hybridized carbons (Fsp3) is 0.182. The number of aryl methyl sites for hydroxylation is 1. The van der Waals surface area contributed by atoms with Crippen LogP contribution in [0.25, 0.3) is 10.2 Å². The maximum atomic E-state index is 11.9. The Hall–Kier alpha value is -1.15. The van der Waals surface area contributed by atoms with Crippen LogP contribution >= 0.6 is 11.3 Å². The molecule has 94 valence electrons. The number of aromatic carboxylic acids is 1. The van der Waals surface area contributed by atoms with E-state index in [2.05, 4.69) is 5.16 Å². The molecule has 0 aliphatic heterocycles. The van der Waals surface area contributed by atoms with Crippen molar-refractivity contribution < 1.29 is 44.7 Å². The first-order valence-electron chi connectivity index (χ1n) is 5.14. The third-order valence-corrected chi connectivity index (χ3v) is 3.62. The molecule has 0 saturated carbocycles. The summed E-state index contributed by atoms with van der Waals surface area (Å²) in [6, 6.07) is 1.50. The van der Waals surface area contributed by atoms with Crippen LogP contribution in [0.1, 0.15) is 22.2 Å². The topological polar surface area (TPSA) is 94.7 Å². The quantitative estimate of drug-likeness (QED) is 0.287. The zero-order valence-corrected chi connectivity index (χ0v) is 13.2. The SMILES string of the molecule is CCn1cc(C(=O)[O-])c(=O)c2cc(/C=N/O)sc21.[Na+]. The molecule has 0 aliphatic rings. The van der Waals surface area contributed by atoms with Crippen molar-refractivity contribution in [2.75, 3.05) is 0 Å². The number of carbonyl (C=O) groups excluding carboxylic acids is 1. The Labute approximate surface area is 134 Å². The zero-order chi connectivity index (χ0) is 13.3. The number of nitrogens with zero attached hydrogens (tertiary/aromatic N) is 2. The van der Waals surface area contributed by atoms with Gasteiger partial charge in [0.15, 0.2) is 5.43 Å². The Bertz CT molecular complexity index is 705. The van der Waals surface area contributed by atoms with Crippen LogP contribution in [-0.4, -0.2) is 22.0 Å². The summed E-state index contributed by atoms with van der Waals surface area (Å²) in [6.45, 7) is 2.36. The smallest absolute Gasteiger partial charge is 0.545 e. The van der Waals surface area contributed by atoms with E-state index >= 15 is 0 Å². The van der Waals surface area contributed by atoms with Crippen LogP contribution in [0, 0.1) is 0 Å². The number of thiophene rings is 1. The Morgan fingerprint density at radius 3 is 2.84 bits per heavy atom. The average molecular weight is 288 g/mol. The van der Waals surface area contributed by atoms with Gasteiger partial charge in [0.1, 0.15) is 4.83 Å². The third-order valence-electron chi connectivity index (χ3n) is 2.51. The fourth-order valence-electron chi connectivity index (χ4n) is 1.70. The number of fused-ring (bicyclic) bond motifs is 1. The molecule has 2 aromatic heterocycles. The molecule has 0 radical (unpaired) electrons. The first kappa shape index (κ1) is 15.9. The summed E-state index contributed by atoms with van der Waals surface area (Å²) >= 11 is 1.25. The van der Waals surface area contributed by atoms with Gasteiger partial charge in [-0.15, -0.1) is 11.3 Å². The normalized spacial score (nSPS) is 10.8. The van der Waals surface area contributed by atoms with Crippen molar-refractivity contribution in [3.8, 4) is 0 Å². The van der Waals surface area contributed by atoms with Gasteiger partial charge in [-0.3, -0.25) is 4.79 Å². The summed E-state index contributed by atoms with van der Waals surface area (Å²) < 4.78 is 1.65. The molecule has 1 N–H and O–H groups in total. The minimum Gasteiger partial charge on any atom is -0.545 e. The van der Waals surface area contributed by atoms with Gasteiger partial charge in [-0.25, -0.2) is 0 Å². The molecule has 0 saturated heterocycles. The van der Waals surface area contributed by atoms with Gasteiger partial charge in [-0.1, -0.05) is 5.16 Å². The van der Waals surface area contributed by atoms with Gasteiger partial charge in [0.25, 0.3) is 0 Å². The van der Waals surface area contributed by atoms with E-state index in [1.54, 1.807) is 4.57 Å². The van der Waals surface area contributed by atoms with E-state index in [0.29, 0.717) is 21.6 Å². The van der Waals surface area contributed by atoms with Crippen molar-refractivity contribution in [2.24, 2.45) is 5.16 Å². The number of rotatable bonds is 3. The van der Waals surface area contributed by atoms with Crippen LogP contribution in [0.5, 0.6) is 0 Å². The standard InChI is InChI=1S/C11H10N2O4S.Na/c1-2-13-5-8(11(15)16)9(14)7-3-6(4-12-17)18-10(7)13;/h3-5,17H,2H2,1H3,(H,15,16);/q;+1/p-1/b12-4+;. The van der Waals surface area contributed by atoms with Crippen molar-refractivity contribution >= 4 is 33.7 Å². The van der Waals surface area contributed by atoms with Crippen molar-refractivity contribution in [1.82, 2.24) is 4.57 Å². The number of hydrogen-bond donors (Lipinski definition) is 1. The third kappa shape index (κ3) is 2.89. The number of carbonyl (C=O) groups is 1. The summed E-state index contributed by atoms with van der Waals surface area (Å²) in [6.07, 6.45) is 2.47. The monoisotopic (exact) mass is 288 g/mol. The van der Waals surface area contributed by atoms with Crippen LogP contribution in [0.3, 0.4) is 0 Å².